The molecule has 0 N–H and O–H groups in total. The summed E-state index contributed by atoms with van der Waals surface area (Å²) in [4.78, 5) is 24.6. The number of likely N-dealkylation sites (N-methyl/N-ethyl adjacent to an activating group) is 1. The lowest BCUT2D eigenvalue weighted by Crippen LogP contribution is -2.23. The van der Waals surface area contributed by atoms with Gasteiger partial charge in [-0.15, -0.1) is 0 Å². The van der Waals surface area contributed by atoms with Crippen molar-refractivity contribution < 1.29 is 22.6 Å². The molecule has 1 unspecified atom stereocenters. The molecule has 1 atom stereocenters. The third-order valence-corrected chi connectivity index (χ3v) is 5.21. The second-order valence-corrected chi connectivity index (χ2v) is 7.65. The van der Waals surface area contributed by atoms with Gasteiger partial charge in [0.15, 0.2) is 0 Å². The third kappa shape index (κ3) is 4.20. The van der Waals surface area contributed by atoms with Crippen LogP contribution in [0.15, 0.2) is 64.4 Å². The second-order valence-electron chi connectivity index (χ2n) is 5.42. The van der Waals surface area contributed by atoms with Crippen molar-refractivity contribution in [3.05, 3.63) is 72.3 Å². The topological polar surface area (TPSA) is 66.8 Å². The van der Waals surface area contributed by atoms with Crippen molar-refractivity contribution in [3.63, 3.8) is 0 Å². The van der Waals surface area contributed by atoms with E-state index < -0.39 is 32.2 Å². The monoisotopic (exact) mass is 378 g/mol. The standard InChI is InChI=1S/C18H16F2N2O3S/c1-4-17(23)22(2)14-8-5-12(6-9-14)18(24)21-26(3,25)16-11-13(19)7-10-15(16)20/h4-11H,1H2,2-3H3. The highest BCUT2D eigenvalue weighted by Crippen LogP contribution is 2.20. The minimum Gasteiger partial charge on any atom is -0.312 e. The zero-order chi connectivity index (χ0) is 19.5. The number of carbonyl (C=O) groups excluding carboxylic acids is 2. The summed E-state index contributed by atoms with van der Waals surface area (Å²) in [7, 11) is -1.93. The summed E-state index contributed by atoms with van der Waals surface area (Å²) < 4.78 is 43.3. The predicted molar refractivity (Wildman–Crippen MR) is 95.5 cm³/mol. The Morgan fingerprint density at radius 3 is 2.35 bits per heavy atom. The van der Waals surface area contributed by atoms with Gasteiger partial charge in [0.05, 0.1) is 14.6 Å². The van der Waals surface area contributed by atoms with Crippen molar-refractivity contribution >= 4 is 27.2 Å². The Bertz CT molecular complexity index is 994. The zero-order valence-electron chi connectivity index (χ0n) is 14.1. The summed E-state index contributed by atoms with van der Waals surface area (Å²) in [5.74, 6) is -2.86. The molecule has 5 nitrogen and oxygen atoms in total. The first kappa shape index (κ1) is 19.5. The largest absolute Gasteiger partial charge is 0.312 e. The van der Waals surface area contributed by atoms with Crippen LogP contribution in [-0.4, -0.2) is 29.3 Å². The normalized spacial score (nSPS) is 12.8. The minimum atomic E-state index is -3.47. The van der Waals surface area contributed by atoms with Gasteiger partial charge in [0.1, 0.15) is 11.6 Å². The molecule has 0 radical (unpaired) electrons. The zero-order valence-corrected chi connectivity index (χ0v) is 14.9. The Kier molecular flexibility index (Phi) is 5.66. The maximum atomic E-state index is 13.8. The van der Waals surface area contributed by atoms with Crippen LogP contribution in [0.4, 0.5) is 14.5 Å². The molecule has 26 heavy (non-hydrogen) atoms. The molecule has 0 fully saturated rings. The van der Waals surface area contributed by atoms with Gasteiger partial charge in [-0.3, -0.25) is 9.59 Å². The lowest BCUT2D eigenvalue weighted by Gasteiger charge is -2.15. The number of rotatable bonds is 4. The van der Waals surface area contributed by atoms with Crippen molar-refractivity contribution in [2.45, 2.75) is 4.90 Å². The fourth-order valence-electron chi connectivity index (χ4n) is 2.12. The Morgan fingerprint density at radius 1 is 1.15 bits per heavy atom. The molecule has 2 aromatic rings. The van der Waals surface area contributed by atoms with Gasteiger partial charge >= 0.3 is 0 Å². The highest BCUT2D eigenvalue weighted by molar-refractivity contribution is 7.93. The number of halogens is 2. The molecule has 2 rings (SSSR count). The quantitative estimate of drug-likeness (QED) is 0.766. The number of amides is 2. The maximum Gasteiger partial charge on any atom is 0.285 e. The Balaban J connectivity index is 2.35. The molecular formula is C18H16F2N2O3S. The summed E-state index contributed by atoms with van der Waals surface area (Å²) in [5, 5.41) is 0. The molecular weight excluding hydrogens is 362 g/mol. The Morgan fingerprint density at radius 2 is 1.77 bits per heavy atom. The fourth-order valence-corrected chi connectivity index (χ4v) is 3.40. The van der Waals surface area contributed by atoms with E-state index in [1.165, 1.54) is 36.2 Å². The van der Waals surface area contributed by atoms with Crippen molar-refractivity contribution in [3.8, 4) is 0 Å². The third-order valence-electron chi connectivity index (χ3n) is 3.57. The van der Waals surface area contributed by atoms with E-state index in [9.17, 15) is 22.6 Å². The van der Waals surface area contributed by atoms with Gasteiger partial charge in [-0.2, -0.15) is 4.36 Å². The molecule has 0 aliphatic carbocycles. The molecule has 0 aromatic heterocycles. The van der Waals surface area contributed by atoms with Crippen molar-refractivity contribution in [2.75, 3.05) is 18.2 Å². The van der Waals surface area contributed by atoms with Crippen LogP contribution in [0.5, 0.6) is 0 Å². The van der Waals surface area contributed by atoms with Crippen LogP contribution in [0, 0.1) is 11.6 Å². The van der Waals surface area contributed by atoms with Crippen molar-refractivity contribution in [1.82, 2.24) is 0 Å². The maximum absolute atomic E-state index is 13.8. The summed E-state index contributed by atoms with van der Waals surface area (Å²) in [6.07, 6.45) is 2.21. The molecule has 0 spiro atoms. The number of carbonyl (C=O) groups is 2. The van der Waals surface area contributed by atoms with E-state index in [2.05, 4.69) is 10.9 Å². The lowest BCUT2D eigenvalue weighted by molar-refractivity contribution is -0.113. The van der Waals surface area contributed by atoms with Gasteiger partial charge in [0, 0.05) is 24.6 Å². The van der Waals surface area contributed by atoms with E-state index in [1.54, 1.807) is 0 Å². The minimum absolute atomic E-state index is 0.0968. The van der Waals surface area contributed by atoms with Crippen LogP contribution in [0.3, 0.4) is 0 Å². The number of hydrogen-bond acceptors (Lipinski definition) is 3. The number of hydrogen-bond donors (Lipinski definition) is 0. The molecule has 0 bridgehead atoms. The van der Waals surface area contributed by atoms with Crippen LogP contribution < -0.4 is 4.90 Å². The average Bonchev–Trinajstić information content (AvgIpc) is 2.62. The van der Waals surface area contributed by atoms with Crippen LogP contribution in [0.2, 0.25) is 0 Å². The van der Waals surface area contributed by atoms with E-state index in [-0.39, 0.29) is 11.5 Å². The Hall–Kier alpha value is -2.87. The molecule has 8 heteroatoms. The van der Waals surface area contributed by atoms with Gasteiger partial charge in [0.2, 0.25) is 5.91 Å². The van der Waals surface area contributed by atoms with Gasteiger partial charge in [0.25, 0.3) is 5.91 Å². The number of benzene rings is 2. The molecule has 2 aromatic carbocycles. The van der Waals surface area contributed by atoms with Crippen molar-refractivity contribution in [2.24, 2.45) is 4.36 Å². The van der Waals surface area contributed by atoms with E-state index in [4.69, 9.17) is 0 Å². The van der Waals surface area contributed by atoms with E-state index in [0.717, 1.165) is 30.5 Å². The highest BCUT2D eigenvalue weighted by atomic mass is 32.2. The number of anilines is 1. The van der Waals surface area contributed by atoms with E-state index in [1.807, 2.05) is 0 Å². The van der Waals surface area contributed by atoms with Crippen molar-refractivity contribution in [1.29, 1.82) is 0 Å². The summed E-state index contributed by atoms with van der Waals surface area (Å²) in [6.45, 7) is 3.39. The SMILES string of the molecule is C=CC(=O)N(C)c1ccc(C(=O)N=S(C)(=O)c2cc(F)ccc2F)cc1. The molecule has 0 heterocycles. The van der Waals surface area contributed by atoms with Gasteiger partial charge in [-0.1, -0.05) is 6.58 Å². The first-order valence-corrected chi connectivity index (χ1v) is 9.30. The van der Waals surface area contributed by atoms with Gasteiger partial charge in [-0.25, -0.2) is 13.0 Å². The molecule has 0 saturated heterocycles. The molecule has 0 aliphatic heterocycles. The summed E-state index contributed by atoms with van der Waals surface area (Å²) in [6, 6.07) is 8.27. The first-order chi connectivity index (χ1) is 12.2. The lowest BCUT2D eigenvalue weighted by atomic mass is 10.2. The second kappa shape index (κ2) is 7.57. The molecule has 0 aliphatic rings. The van der Waals surface area contributed by atoms with Gasteiger partial charge in [-0.05, 0) is 48.5 Å². The summed E-state index contributed by atoms with van der Waals surface area (Å²) in [5.41, 5.74) is 0.611. The van der Waals surface area contributed by atoms with E-state index in [0.29, 0.717) is 5.69 Å². The number of nitrogens with zero attached hydrogens (tertiary/aromatic N) is 2. The molecule has 2 amide bonds. The van der Waals surface area contributed by atoms with Crippen LogP contribution in [0.1, 0.15) is 10.4 Å². The van der Waals surface area contributed by atoms with E-state index >= 15 is 0 Å². The average molecular weight is 378 g/mol. The Labute approximate surface area is 150 Å². The van der Waals surface area contributed by atoms with Crippen LogP contribution in [-0.2, 0) is 14.5 Å². The van der Waals surface area contributed by atoms with Crippen LogP contribution >= 0.6 is 0 Å². The molecule has 136 valence electrons. The van der Waals surface area contributed by atoms with Gasteiger partial charge < -0.3 is 4.90 Å². The van der Waals surface area contributed by atoms with Crippen LogP contribution in [0.25, 0.3) is 0 Å². The first-order valence-electron chi connectivity index (χ1n) is 7.37. The summed E-state index contributed by atoms with van der Waals surface area (Å²) >= 11 is 0. The predicted octanol–water partition coefficient (Wildman–Crippen LogP) is 3.41. The highest BCUT2D eigenvalue weighted by Gasteiger charge is 2.17. The molecule has 0 saturated carbocycles. The fraction of sp³-hybridized carbons (Fsp3) is 0.111. The smallest absolute Gasteiger partial charge is 0.285 e.